The van der Waals surface area contributed by atoms with Crippen molar-refractivity contribution in [2.45, 2.75) is 24.6 Å². The lowest BCUT2D eigenvalue weighted by Gasteiger charge is -2.49. The lowest BCUT2D eigenvalue weighted by atomic mass is 9.85. The van der Waals surface area contributed by atoms with Crippen molar-refractivity contribution in [3.63, 3.8) is 0 Å². The zero-order valence-corrected chi connectivity index (χ0v) is 11.9. The van der Waals surface area contributed by atoms with Gasteiger partial charge in [-0.3, -0.25) is 4.79 Å². The van der Waals surface area contributed by atoms with Gasteiger partial charge >= 0.3 is 6.18 Å². The summed E-state index contributed by atoms with van der Waals surface area (Å²) in [6.07, 6.45) is -3.10. The van der Waals surface area contributed by atoms with Crippen LogP contribution in [0.15, 0.2) is 24.3 Å². The molecule has 2 aliphatic rings. The molecule has 7 heteroatoms. The van der Waals surface area contributed by atoms with Crippen LogP contribution < -0.4 is 10.2 Å². The first-order valence-electron chi connectivity index (χ1n) is 7.21. The van der Waals surface area contributed by atoms with Gasteiger partial charge < -0.3 is 15.0 Å². The van der Waals surface area contributed by atoms with Crippen LogP contribution in [0.3, 0.4) is 0 Å². The van der Waals surface area contributed by atoms with E-state index < -0.39 is 17.3 Å². The van der Waals surface area contributed by atoms with Gasteiger partial charge in [-0.05, 0) is 44.1 Å². The van der Waals surface area contributed by atoms with Crippen LogP contribution in [0.1, 0.15) is 18.4 Å². The molecule has 1 aromatic carbocycles. The molecule has 1 spiro atoms. The predicted molar refractivity (Wildman–Crippen MR) is 74.6 cm³/mol. The molecule has 0 saturated carbocycles. The maximum absolute atomic E-state index is 12.9. The number of benzene rings is 1. The number of morpholine rings is 1. The Kier molecular flexibility index (Phi) is 3.86. The monoisotopic (exact) mass is 314 g/mol. The highest BCUT2D eigenvalue weighted by Gasteiger charge is 2.45. The highest BCUT2D eigenvalue weighted by molar-refractivity contribution is 5.96. The summed E-state index contributed by atoms with van der Waals surface area (Å²) in [5, 5.41) is 3.21. The summed E-state index contributed by atoms with van der Waals surface area (Å²) in [4.78, 5) is 13.8. The smallest absolute Gasteiger partial charge is 0.369 e. The Hall–Kier alpha value is -1.60. The molecule has 4 nitrogen and oxygen atoms in total. The molecule has 2 aliphatic heterocycles. The van der Waals surface area contributed by atoms with Gasteiger partial charge in [-0.25, -0.2) is 0 Å². The zero-order chi connectivity index (χ0) is 15.8. The number of carbonyl (C=O) groups excluding carboxylic acids is 1. The van der Waals surface area contributed by atoms with Crippen LogP contribution in [-0.4, -0.2) is 37.7 Å². The second kappa shape index (κ2) is 5.55. The minimum absolute atomic E-state index is 0.0918. The van der Waals surface area contributed by atoms with Gasteiger partial charge in [0.05, 0.1) is 17.7 Å². The van der Waals surface area contributed by atoms with E-state index in [9.17, 15) is 18.0 Å². The van der Waals surface area contributed by atoms with Gasteiger partial charge in [0.25, 0.3) is 5.91 Å². The Bertz CT molecular complexity index is 563. The molecule has 22 heavy (non-hydrogen) atoms. The molecule has 0 unspecified atom stereocenters. The number of rotatable bonds is 1. The molecule has 1 N–H and O–H groups in total. The third-order valence-electron chi connectivity index (χ3n) is 4.29. The van der Waals surface area contributed by atoms with Gasteiger partial charge in [0.15, 0.2) is 0 Å². The van der Waals surface area contributed by atoms with E-state index in [1.807, 2.05) is 0 Å². The Morgan fingerprint density at radius 3 is 2.64 bits per heavy atom. The number of halogens is 3. The molecule has 1 aromatic rings. The maximum atomic E-state index is 12.9. The minimum Gasteiger partial charge on any atom is -0.369 e. The molecule has 0 aromatic heterocycles. The number of anilines is 1. The highest BCUT2D eigenvalue weighted by Crippen LogP contribution is 2.37. The van der Waals surface area contributed by atoms with Gasteiger partial charge in [0.2, 0.25) is 0 Å². The van der Waals surface area contributed by atoms with Gasteiger partial charge in [-0.2, -0.15) is 13.2 Å². The Balaban J connectivity index is 2.01. The first-order valence-corrected chi connectivity index (χ1v) is 7.21. The number of amides is 1. The number of hydrogen-bond acceptors (Lipinski definition) is 3. The SMILES string of the molecule is O=C1COCC2(CCNCC2)N1c1cccc(C(F)(F)F)c1. The van der Waals surface area contributed by atoms with Gasteiger partial charge in [-0.15, -0.1) is 0 Å². The van der Waals surface area contributed by atoms with Crippen LogP contribution in [0.2, 0.25) is 0 Å². The fourth-order valence-corrected chi connectivity index (χ4v) is 3.22. The van der Waals surface area contributed by atoms with E-state index in [1.54, 1.807) is 6.07 Å². The standard InChI is InChI=1S/C15H17F3N2O2/c16-15(17,18)11-2-1-3-12(8-11)20-13(21)9-22-10-14(20)4-6-19-7-5-14/h1-3,8,19H,4-7,9-10H2. The molecular weight excluding hydrogens is 297 g/mol. The summed E-state index contributed by atoms with van der Waals surface area (Å²) in [6, 6.07) is 4.97. The van der Waals surface area contributed by atoms with Crippen molar-refractivity contribution in [2.24, 2.45) is 0 Å². The number of nitrogens with zero attached hydrogens (tertiary/aromatic N) is 1. The second-order valence-corrected chi connectivity index (χ2v) is 5.74. The molecule has 3 rings (SSSR count). The molecule has 0 aliphatic carbocycles. The minimum atomic E-state index is -4.42. The van der Waals surface area contributed by atoms with Crippen LogP contribution in [0.4, 0.5) is 18.9 Å². The summed E-state index contributed by atoms with van der Waals surface area (Å²) in [5.74, 6) is -0.285. The van der Waals surface area contributed by atoms with E-state index in [2.05, 4.69) is 5.32 Å². The van der Waals surface area contributed by atoms with E-state index >= 15 is 0 Å². The van der Waals surface area contributed by atoms with Crippen molar-refractivity contribution in [2.75, 3.05) is 31.2 Å². The fourth-order valence-electron chi connectivity index (χ4n) is 3.22. The van der Waals surface area contributed by atoms with Crippen LogP contribution in [0, 0.1) is 0 Å². The Morgan fingerprint density at radius 2 is 1.95 bits per heavy atom. The Labute approximate surface area is 126 Å². The summed E-state index contributed by atoms with van der Waals surface area (Å²) in [5.41, 5.74) is -0.997. The normalized spacial score (nSPS) is 22.1. The topological polar surface area (TPSA) is 41.6 Å². The molecule has 2 saturated heterocycles. The van der Waals surface area contributed by atoms with Crippen molar-refractivity contribution in [3.8, 4) is 0 Å². The predicted octanol–water partition coefficient (Wildman–Crippen LogP) is 2.19. The van der Waals surface area contributed by atoms with Gasteiger partial charge in [0, 0.05) is 5.69 Å². The Morgan fingerprint density at radius 1 is 1.23 bits per heavy atom. The molecular formula is C15H17F3N2O2. The van der Waals surface area contributed by atoms with Crippen LogP contribution in [0.5, 0.6) is 0 Å². The van der Waals surface area contributed by atoms with E-state index in [-0.39, 0.29) is 12.5 Å². The number of carbonyl (C=O) groups is 1. The van der Waals surface area contributed by atoms with Crippen molar-refractivity contribution in [1.29, 1.82) is 0 Å². The molecule has 0 bridgehead atoms. The van der Waals surface area contributed by atoms with E-state index in [1.165, 1.54) is 11.0 Å². The summed E-state index contributed by atoms with van der Waals surface area (Å²) in [7, 11) is 0. The highest BCUT2D eigenvalue weighted by atomic mass is 19.4. The molecule has 120 valence electrons. The third kappa shape index (κ3) is 2.70. The molecule has 2 heterocycles. The molecule has 2 fully saturated rings. The van der Waals surface area contributed by atoms with Crippen molar-refractivity contribution >= 4 is 11.6 Å². The lowest BCUT2D eigenvalue weighted by Crippen LogP contribution is -2.63. The number of piperidine rings is 1. The summed E-state index contributed by atoms with van der Waals surface area (Å²) < 4.78 is 44.2. The molecule has 0 atom stereocenters. The van der Waals surface area contributed by atoms with Crippen molar-refractivity contribution in [3.05, 3.63) is 29.8 Å². The largest absolute Gasteiger partial charge is 0.416 e. The first kappa shape index (κ1) is 15.3. The van der Waals surface area contributed by atoms with Gasteiger partial charge in [-0.1, -0.05) is 6.07 Å². The lowest BCUT2D eigenvalue weighted by molar-refractivity contribution is -0.138. The summed E-state index contributed by atoms with van der Waals surface area (Å²) >= 11 is 0. The van der Waals surface area contributed by atoms with E-state index in [0.29, 0.717) is 38.2 Å². The third-order valence-corrected chi connectivity index (χ3v) is 4.29. The van der Waals surface area contributed by atoms with Crippen molar-refractivity contribution in [1.82, 2.24) is 5.32 Å². The quantitative estimate of drug-likeness (QED) is 0.864. The number of nitrogens with one attached hydrogen (secondary N) is 1. The average molecular weight is 314 g/mol. The zero-order valence-electron chi connectivity index (χ0n) is 11.9. The van der Waals surface area contributed by atoms with E-state index in [0.717, 1.165) is 12.1 Å². The van der Waals surface area contributed by atoms with Crippen molar-refractivity contribution < 1.29 is 22.7 Å². The van der Waals surface area contributed by atoms with Crippen LogP contribution in [-0.2, 0) is 15.7 Å². The van der Waals surface area contributed by atoms with Gasteiger partial charge in [0.1, 0.15) is 6.61 Å². The molecule has 1 amide bonds. The second-order valence-electron chi connectivity index (χ2n) is 5.74. The van der Waals surface area contributed by atoms with E-state index in [4.69, 9.17) is 4.74 Å². The average Bonchev–Trinajstić information content (AvgIpc) is 2.47. The number of hydrogen-bond donors (Lipinski definition) is 1. The first-order chi connectivity index (χ1) is 10.4. The van der Waals surface area contributed by atoms with Crippen LogP contribution in [0.25, 0.3) is 0 Å². The summed E-state index contributed by atoms with van der Waals surface area (Å²) in [6.45, 7) is 1.69. The number of ether oxygens (including phenoxy) is 1. The fraction of sp³-hybridized carbons (Fsp3) is 0.533. The molecule has 0 radical (unpaired) electrons. The maximum Gasteiger partial charge on any atom is 0.416 e. The number of alkyl halides is 3. The van der Waals surface area contributed by atoms with Crippen LogP contribution >= 0.6 is 0 Å².